The highest BCUT2D eigenvalue weighted by atomic mass is 35.5. The molecule has 134 valence electrons. The van der Waals surface area contributed by atoms with Crippen molar-refractivity contribution in [2.75, 3.05) is 11.5 Å². The number of ketones is 1. The molecule has 1 atom stereocenters. The van der Waals surface area contributed by atoms with E-state index in [2.05, 4.69) is 16.9 Å². The van der Waals surface area contributed by atoms with Crippen molar-refractivity contribution in [1.29, 1.82) is 0 Å². The van der Waals surface area contributed by atoms with E-state index in [1.54, 1.807) is 35.6 Å². The minimum Gasteiger partial charge on any atom is -0.383 e. The van der Waals surface area contributed by atoms with Gasteiger partial charge in [0.15, 0.2) is 10.9 Å². The van der Waals surface area contributed by atoms with Crippen LogP contribution in [0.1, 0.15) is 34.1 Å². The van der Waals surface area contributed by atoms with Crippen LogP contribution in [0.25, 0.3) is 10.2 Å². The molecule has 26 heavy (non-hydrogen) atoms. The molecular weight excluding hydrogens is 386 g/mol. The molecule has 0 fully saturated rings. The highest BCUT2D eigenvalue weighted by molar-refractivity contribution is 7.99. The molecule has 0 radical (unpaired) electrons. The number of nitrogens with zero attached hydrogens (tertiary/aromatic N) is 2. The van der Waals surface area contributed by atoms with Crippen LogP contribution in [0, 0.1) is 5.92 Å². The lowest BCUT2D eigenvalue weighted by molar-refractivity contribution is 0.102. The molecular formula is C19H18ClN3OS2. The van der Waals surface area contributed by atoms with Gasteiger partial charge in [-0.1, -0.05) is 30.3 Å². The van der Waals surface area contributed by atoms with Crippen molar-refractivity contribution in [2.45, 2.75) is 31.3 Å². The van der Waals surface area contributed by atoms with Crippen molar-refractivity contribution < 1.29 is 4.79 Å². The summed E-state index contributed by atoms with van der Waals surface area (Å²) in [6.45, 7) is 2.28. The number of fused-ring (bicyclic) bond motifs is 3. The van der Waals surface area contributed by atoms with Crippen molar-refractivity contribution in [3.8, 4) is 0 Å². The van der Waals surface area contributed by atoms with Gasteiger partial charge < -0.3 is 5.73 Å². The first-order valence-corrected chi connectivity index (χ1v) is 10.7. The number of aromatic nitrogens is 2. The van der Waals surface area contributed by atoms with Gasteiger partial charge >= 0.3 is 0 Å². The lowest BCUT2D eigenvalue weighted by Crippen LogP contribution is -2.09. The maximum Gasteiger partial charge on any atom is 0.191 e. The summed E-state index contributed by atoms with van der Waals surface area (Å²) in [4.78, 5) is 23.8. The molecule has 1 aliphatic carbocycles. The minimum absolute atomic E-state index is 0.0215. The number of thiophene rings is 1. The van der Waals surface area contributed by atoms with Gasteiger partial charge in [-0.2, -0.15) is 0 Å². The van der Waals surface area contributed by atoms with Crippen molar-refractivity contribution >= 4 is 56.5 Å². The SMILES string of the molecule is C[C@H]1CCc2c(sc3nc(SCC(=O)c4ccc(Cl)cc4)nc(N)c23)C1. The zero-order valence-electron chi connectivity index (χ0n) is 14.3. The summed E-state index contributed by atoms with van der Waals surface area (Å²) in [6, 6.07) is 6.91. The van der Waals surface area contributed by atoms with E-state index in [1.807, 2.05) is 0 Å². The molecule has 4 nitrogen and oxygen atoms in total. The molecule has 2 N–H and O–H groups in total. The van der Waals surface area contributed by atoms with Crippen molar-refractivity contribution in [1.82, 2.24) is 9.97 Å². The van der Waals surface area contributed by atoms with Gasteiger partial charge in [-0.25, -0.2) is 9.97 Å². The van der Waals surface area contributed by atoms with Gasteiger partial charge in [-0.3, -0.25) is 4.79 Å². The molecule has 1 aromatic carbocycles. The molecule has 0 bridgehead atoms. The average molecular weight is 404 g/mol. The number of halogens is 1. The Labute approximate surface area is 165 Å². The Morgan fingerprint density at radius 1 is 1.35 bits per heavy atom. The second kappa shape index (κ2) is 7.18. The standard InChI is InChI=1S/C19H18ClN3OS2/c1-10-2-7-13-15(8-10)26-18-16(13)17(21)22-19(23-18)25-9-14(24)11-3-5-12(20)6-4-11/h3-6,10H,2,7-9H2,1H3,(H2,21,22,23)/t10-/m0/s1. The Morgan fingerprint density at radius 2 is 2.12 bits per heavy atom. The molecule has 0 spiro atoms. The highest BCUT2D eigenvalue weighted by Crippen LogP contribution is 2.39. The first-order valence-electron chi connectivity index (χ1n) is 8.50. The molecule has 0 amide bonds. The van der Waals surface area contributed by atoms with Crippen LogP contribution in [0.2, 0.25) is 5.02 Å². The number of nitrogen functional groups attached to an aromatic ring is 1. The van der Waals surface area contributed by atoms with Crippen LogP contribution in [-0.4, -0.2) is 21.5 Å². The number of Topliss-reactive ketones (excluding diaryl/α,β-unsaturated/α-hetero) is 1. The van der Waals surface area contributed by atoms with Gasteiger partial charge in [0, 0.05) is 15.5 Å². The van der Waals surface area contributed by atoms with Gasteiger partial charge in [-0.15, -0.1) is 11.3 Å². The third-order valence-corrected chi connectivity index (χ3v) is 6.91. The van der Waals surface area contributed by atoms with Crippen LogP contribution in [-0.2, 0) is 12.8 Å². The third kappa shape index (κ3) is 3.46. The van der Waals surface area contributed by atoms with Gasteiger partial charge in [0.05, 0.1) is 11.1 Å². The topological polar surface area (TPSA) is 68.9 Å². The summed E-state index contributed by atoms with van der Waals surface area (Å²) in [6.07, 6.45) is 3.32. The Morgan fingerprint density at radius 3 is 2.88 bits per heavy atom. The minimum atomic E-state index is 0.0215. The van der Waals surface area contributed by atoms with E-state index in [9.17, 15) is 4.79 Å². The number of carbonyl (C=O) groups is 1. The van der Waals surface area contributed by atoms with E-state index in [4.69, 9.17) is 17.3 Å². The maximum absolute atomic E-state index is 12.3. The first kappa shape index (κ1) is 17.8. The van der Waals surface area contributed by atoms with Crippen LogP contribution in [0.3, 0.4) is 0 Å². The summed E-state index contributed by atoms with van der Waals surface area (Å²) in [5.74, 6) is 1.53. The smallest absolute Gasteiger partial charge is 0.191 e. The quantitative estimate of drug-likeness (QED) is 0.376. The van der Waals surface area contributed by atoms with E-state index in [0.717, 1.165) is 23.1 Å². The van der Waals surface area contributed by atoms with Crippen LogP contribution in [0.5, 0.6) is 0 Å². The second-order valence-corrected chi connectivity index (χ2v) is 9.10. The first-order chi connectivity index (χ1) is 12.5. The van der Waals surface area contributed by atoms with E-state index in [1.165, 1.54) is 28.6 Å². The number of hydrogen-bond donors (Lipinski definition) is 1. The Hall–Kier alpha value is -1.63. The normalized spacial score (nSPS) is 16.6. The van der Waals surface area contributed by atoms with E-state index >= 15 is 0 Å². The average Bonchev–Trinajstić information content (AvgIpc) is 2.98. The number of benzene rings is 1. The van der Waals surface area contributed by atoms with Gasteiger partial charge in [0.1, 0.15) is 10.6 Å². The van der Waals surface area contributed by atoms with Gasteiger partial charge in [0.2, 0.25) is 0 Å². The molecule has 1 aliphatic rings. The van der Waals surface area contributed by atoms with Crippen LogP contribution < -0.4 is 5.73 Å². The fourth-order valence-corrected chi connectivity index (χ4v) is 5.58. The maximum atomic E-state index is 12.3. The van der Waals surface area contributed by atoms with Gasteiger partial charge in [0.25, 0.3) is 0 Å². The largest absolute Gasteiger partial charge is 0.383 e. The number of anilines is 1. The highest BCUT2D eigenvalue weighted by Gasteiger charge is 2.23. The lowest BCUT2D eigenvalue weighted by Gasteiger charge is -2.17. The molecule has 0 saturated carbocycles. The summed E-state index contributed by atoms with van der Waals surface area (Å²) in [5, 5.41) is 2.20. The summed E-state index contributed by atoms with van der Waals surface area (Å²) < 4.78 is 0. The molecule has 3 aromatic rings. The predicted octanol–water partition coefficient (Wildman–Crippen LogP) is 5.03. The van der Waals surface area contributed by atoms with Crippen LogP contribution in [0.15, 0.2) is 29.4 Å². The number of thioether (sulfide) groups is 1. The number of hydrogen-bond acceptors (Lipinski definition) is 6. The zero-order chi connectivity index (χ0) is 18.3. The fourth-order valence-electron chi connectivity index (χ4n) is 3.26. The second-order valence-electron chi connectivity index (χ2n) is 6.64. The van der Waals surface area contributed by atoms with Crippen molar-refractivity contribution in [3.05, 3.63) is 45.3 Å². The van der Waals surface area contributed by atoms with E-state index in [-0.39, 0.29) is 11.5 Å². The molecule has 0 unspecified atom stereocenters. The third-order valence-electron chi connectivity index (χ3n) is 4.66. The van der Waals surface area contributed by atoms with Crippen molar-refractivity contribution in [2.24, 2.45) is 5.92 Å². The number of aryl methyl sites for hydroxylation is 1. The summed E-state index contributed by atoms with van der Waals surface area (Å²) in [7, 11) is 0. The molecule has 7 heteroatoms. The van der Waals surface area contributed by atoms with E-state index < -0.39 is 0 Å². The predicted molar refractivity (Wildman–Crippen MR) is 110 cm³/mol. The lowest BCUT2D eigenvalue weighted by atomic mass is 9.89. The number of carbonyl (C=O) groups excluding carboxylic acids is 1. The number of nitrogens with two attached hydrogens (primary N) is 1. The van der Waals surface area contributed by atoms with Gasteiger partial charge in [-0.05, 0) is 55.0 Å². The van der Waals surface area contributed by atoms with Crippen LogP contribution in [0.4, 0.5) is 5.82 Å². The Balaban J connectivity index is 1.56. The van der Waals surface area contributed by atoms with Crippen LogP contribution >= 0.6 is 34.7 Å². The fraction of sp³-hybridized carbons (Fsp3) is 0.316. The molecule has 2 heterocycles. The van der Waals surface area contributed by atoms with E-state index in [0.29, 0.717) is 27.5 Å². The monoisotopic (exact) mass is 403 g/mol. The molecule has 2 aromatic heterocycles. The number of rotatable bonds is 4. The summed E-state index contributed by atoms with van der Waals surface area (Å²) >= 11 is 8.91. The zero-order valence-corrected chi connectivity index (χ0v) is 16.7. The summed E-state index contributed by atoms with van der Waals surface area (Å²) in [5.41, 5.74) is 8.20. The molecule has 0 aliphatic heterocycles. The van der Waals surface area contributed by atoms with Crippen molar-refractivity contribution in [3.63, 3.8) is 0 Å². The Kier molecular flexibility index (Phi) is 4.90. The molecule has 0 saturated heterocycles. The molecule has 4 rings (SSSR count). The Bertz CT molecular complexity index is 985.